The zero-order chi connectivity index (χ0) is 16.7. The van der Waals surface area contributed by atoms with E-state index in [1.54, 1.807) is 6.92 Å². The minimum atomic E-state index is -0.728. The Kier molecular flexibility index (Phi) is 6.11. The Labute approximate surface area is 135 Å². The fourth-order valence-corrected chi connectivity index (χ4v) is 2.37. The fourth-order valence-electron chi connectivity index (χ4n) is 2.37. The first-order valence-corrected chi connectivity index (χ1v) is 7.56. The van der Waals surface area contributed by atoms with Gasteiger partial charge in [0.05, 0.1) is 7.11 Å². The Morgan fingerprint density at radius 2 is 1.87 bits per heavy atom. The molecule has 2 rings (SSSR count). The van der Waals surface area contributed by atoms with Gasteiger partial charge in [0.15, 0.2) is 0 Å². The van der Waals surface area contributed by atoms with Crippen molar-refractivity contribution in [2.75, 3.05) is 20.3 Å². The smallest absolute Gasteiger partial charge is 0.328 e. The van der Waals surface area contributed by atoms with Gasteiger partial charge in [0.2, 0.25) is 5.91 Å². The molecule has 1 N–H and O–H groups in total. The monoisotopic (exact) mass is 315 g/mol. The Bertz CT molecular complexity index is 684. The van der Waals surface area contributed by atoms with Crippen molar-refractivity contribution in [2.24, 2.45) is 0 Å². The molecule has 122 valence electrons. The third kappa shape index (κ3) is 4.79. The SMILES string of the molecule is CCOCC(=O)N[C@@H](Cc1ccc2ccccc2c1)C(=O)OC. The summed E-state index contributed by atoms with van der Waals surface area (Å²) in [7, 11) is 1.31. The second-order valence-corrected chi connectivity index (χ2v) is 5.17. The van der Waals surface area contributed by atoms with Gasteiger partial charge < -0.3 is 14.8 Å². The number of amides is 1. The van der Waals surface area contributed by atoms with E-state index >= 15 is 0 Å². The highest BCUT2D eigenvalue weighted by Gasteiger charge is 2.22. The van der Waals surface area contributed by atoms with E-state index in [9.17, 15) is 9.59 Å². The molecule has 5 nitrogen and oxygen atoms in total. The standard InChI is InChI=1S/C18H21NO4/c1-3-23-12-17(20)19-16(18(21)22-2)11-13-8-9-14-6-4-5-7-15(14)10-13/h4-10,16H,3,11-12H2,1-2H3,(H,19,20)/t16-/m0/s1. The number of rotatable bonds is 7. The van der Waals surface area contributed by atoms with E-state index in [1.807, 2.05) is 42.5 Å². The van der Waals surface area contributed by atoms with Gasteiger partial charge in [-0.15, -0.1) is 0 Å². The van der Waals surface area contributed by atoms with Crippen molar-refractivity contribution >= 4 is 22.6 Å². The van der Waals surface area contributed by atoms with Crippen LogP contribution in [0.4, 0.5) is 0 Å². The maximum atomic E-state index is 11.9. The van der Waals surface area contributed by atoms with Crippen LogP contribution in [-0.2, 0) is 25.5 Å². The summed E-state index contributed by atoms with van der Waals surface area (Å²) in [5, 5.41) is 4.88. The summed E-state index contributed by atoms with van der Waals surface area (Å²) in [5.41, 5.74) is 0.954. The van der Waals surface area contributed by atoms with Crippen molar-refractivity contribution in [3.8, 4) is 0 Å². The number of carbonyl (C=O) groups is 2. The molecule has 0 aliphatic carbocycles. The normalized spacial score (nSPS) is 11.9. The fraction of sp³-hybridized carbons (Fsp3) is 0.333. The largest absolute Gasteiger partial charge is 0.467 e. The summed E-state index contributed by atoms with van der Waals surface area (Å²) in [6, 6.07) is 13.2. The van der Waals surface area contributed by atoms with Gasteiger partial charge in [-0.3, -0.25) is 4.79 Å². The van der Waals surface area contributed by atoms with Crippen LogP contribution in [0.25, 0.3) is 10.8 Å². The number of benzene rings is 2. The summed E-state index contributed by atoms with van der Waals surface area (Å²) >= 11 is 0. The van der Waals surface area contributed by atoms with E-state index in [0.29, 0.717) is 13.0 Å². The molecular formula is C18H21NO4. The Balaban J connectivity index is 2.12. The molecule has 0 saturated heterocycles. The van der Waals surface area contributed by atoms with Crippen molar-refractivity contribution in [3.05, 3.63) is 48.0 Å². The van der Waals surface area contributed by atoms with E-state index in [0.717, 1.165) is 16.3 Å². The lowest BCUT2D eigenvalue weighted by atomic mass is 10.0. The minimum absolute atomic E-state index is 0.0677. The van der Waals surface area contributed by atoms with Crippen molar-refractivity contribution in [1.29, 1.82) is 0 Å². The topological polar surface area (TPSA) is 64.6 Å². The lowest BCUT2D eigenvalue weighted by Crippen LogP contribution is -2.44. The van der Waals surface area contributed by atoms with Crippen LogP contribution in [0, 0.1) is 0 Å². The van der Waals surface area contributed by atoms with Crippen LogP contribution in [0.15, 0.2) is 42.5 Å². The maximum Gasteiger partial charge on any atom is 0.328 e. The second-order valence-electron chi connectivity index (χ2n) is 5.17. The predicted octanol–water partition coefficient (Wildman–Crippen LogP) is 2.08. The number of hydrogen-bond acceptors (Lipinski definition) is 4. The van der Waals surface area contributed by atoms with Crippen LogP contribution in [0.2, 0.25) is 0 Å². The van der Waals surface area contributed by atoms with Crippen molar-refractivity contribution < 1.29 is 19.1 Å². The van der Waals surface area contributed by atoms with Crippen LogP contribution in [0.3, 0.4) is 0 Å². The molecule has 0 bridgehead atoms. The highest BCUT2D eigenvalue weighted by molar-refractivity contribution is 5.86. The maximum absolute atomic E-state index is 11.9. The summed E-state index contributed by atoms with van der Waals surface area (Å²) < 4.78 is 9.84. The predicted molar refractivity (Wildman–Crippen MR) is 88.1 cm³/mol. The second kappa shape index (κ2) is 8.29. The van der Waals surface area contributed by atoms with Crippen LogP contribution in [0.5, 0.6) is 0 Å². The van der Waals surface area contributed by atoms with Gasteiger partial charge in [-0.25, -0.2) is 4.79 Å². The zero-order valence-corrected chi connectivity index (χ0v) is 13.4. The van der Waals surface area contributed by atoms with E-state index in [-0.39, 0.29) is 12.5 Å². The molecule has 0 spiro atoms. The molecule has 0 aliphatic heterocycles. The Morgan fingerprint density at radius 1 is 1.13 bits per heavy atom. The number of ether oxygens (including phenoxy) is 2. The average Bonchev–Trinajstić information content (AvgIpc) is 2.58. The van der Waals surface area contributed by atoms with Crippen LogP contribution in [-0.4, -0.2) is 38.2 Å². The van der Waals surface area contributed by atoms with Gasteiger partial charge in [0, 0.05) is 13.0 Å². The van der Waals surface area contributed by atoms with Crippen molar-refractivity contribution in [1.82, 2.24) is 5.32 Å². The number of carbonyl (C=O) groups excluding carboxylic acids is 2. The van der Waals surface area contributed by atoms with Gasteiger partial charge >= 0.3 is 5.97 Å². The van der Waals surface area contributed by atoms with E-state index in [2.05, 4.69) is 5.32 Å². The highest BCUT2D eigenvalue weighted by Crippen LogP contribution is 2.17. The van der Waals surface area contributed by atoms with Gasteiger partial charge in [-0.1, -0.05) is 42.5 Å². The molecule has 5 heteroatoms. The van der Waals surface area contributed by atoms with E-state index in [1.165, 1.54) is 7.11 Å². The van der Waals surface area contributed by atoms with Crippen LogP contribution < -0.4 is 5.32 Å². The van der Waals surface area contributed by atoms with Crippen molar-refractivity contribution in [2.45, 2.75) is 19.4 Å². The number of fused-ring (bicyclic) bond motifs is 1. The zero-order valence-electron chi connectivity index (χ0n) is 13.4. The molecular weight excluding hydrogens is 294 g/mol. The number of esters is 1. The van der Waals surface area contributed by atoms with Gasteiger partial charge in [0.1, 0.15) is 12.6 Å². The third-order valence-electron chi connectivity index (χ3n) is 3.51. The molecule has 1 amide bonds. The summed E-state index contributed by atoms with van der Waals surface area (Å²) in [6.07, 6.45) is 0.370. The third-order valence-corrected chi connectivity index (χ3v) is 3.51. The van der Waals surface area contributed by atoms with Gasteiger partial charge in [-0.05, 0) is 23.3 Å². The highest BCUT2D eigenvalue weighted by atomic mass is 16.5. The summed E-state index contributed by atoms with van der Waals surface area (Å²) in [5.74, 6) is -0.800. The first kappa shape index (κ1) is 17.0. The Hall–Kier alpha value is -2.40. The molecule has 1 atom stereocenters. The summed E-state index contributed by atoms with van der Waals surface area (Å²) in [6.45, 7) is 2.18. The van der Waals surface area contributed by atoms with E-state index in [4.69, 9.17) is 9.47 Å². The molecule has 0 radical (unpaired) electrons. The Morgan fingerprint density at radius 3 is 2.57 bits per heavy atom. The van der Waals surface area contributed by atoms with Crippen molar-refractivity contribution in [3.63, 3.8) is 0 Å². The lowest BCUT2D eigenvalue weighted by molar-refractivity contribution is -0.145. The molecule has 0 fully saturated rings. The van der Waals surface area contributed by atoms with Gasteiger partial charge in [-0.2, -0.15) is 0 Å². The molecule has 2 aromatic rings. The van der Waals surface area contributed by atoms with Crippen LogP contribution in [0.1, 0.15) is 12.5 Å². The number of methoxy groups -OCH3 is 1. The average molecular weight is 315 g/mol. The van der Waals surface area contributed by atoms with E-state index < -0.39 is 12.0 Å². The molecule has 0 heterocycles. The molecule has 0 aliphatic rings. The first-order valence-electron chi connectivity index (χ1n) is 7.56. The molecule has 0 saturated carbocycles. The lowest BCUT2D eigenvalue weighted by Gasteiger charge is -2.17. The first-order chi connectivity index (χ1) is 11.1. The summed E-state index contributed by atoms with van der Waals surface area (Å²) in [4.78, 5) is 23.7. The molecule has 23 heavy (non-hydrogen) atoms. The number of nitrogens with one attached hydrogen (secondary N) is 1. The molecule has 0 unspecified atom stereocenters. The van der Waals surface area contributed by atoms with Gasteiger partial charge in [0.25, 0.3) is 0 Å². The van der Waals surface area contributed by atoms with Crippen LogP contribution >= 0.6 is 0 Å². The minimum Gasteiger partial charge on any atom is -0.467 e. The molecule has 2 aromatic carbocycles. The number of hydrogen-bond donors (Lipinski definition) is 1. The molecule has 0 aromatic heterocycles. The quantitative estimate of drug-likeness (QED) is 0.795.